The first-order valence-electron chi connectivity index (χ1n) is 8.76. The summed E-state index contributed by atoms with van der Waals surface area (Å²) in [4.78, 5) is 34.4. The van der Waals surface area contributed by atoms with Gasteiger partial charge in [-0.05, 0) is 64.4 Å². The molecule has 0 atom stereocenters. The van der Waals surface area contributed by atoms with Gasteiger partial charge in [0.25, 0.3) is 17.5 Å². The number of hydrogen-bond donors (Lipinski definition) is 3. The monoisotopic (exact) mass is 494 g/mol. The molecule has 2 aromatic rings. The average molecular weight is 495 g/mol. The molecule has 0 aliphatic carbocycles. The summed E-state index contributed by atoms with van der Waals surface area (Å²) in [6.45, 7) is 4.61. The fourth-order valence-electron chi connectivity index (χ4n) is 2.14. The Bertz CT molecular complexity index is 966. The standard InChI is InChI=1S/C19H19BrN4O5S/c1-11(2)10-29-16-8-5-13(9-15(16)20)17(25)21-19(30)23-22-18(26)12-3-6-14(7-4-12)24(27)28/h3-9,11H,10H2,1-2H3,(H,22,26)(H2,21,23,25,30). The van der Waals surface area contributed by atoms with Crippen molar-refractivity contribution in [3.05, 3.63) is 68.2 Å². The molecule has 0 saturated carbocycles. The van der Waals surface area contributed by atoms with E-state index in [-0.39, 0.29) is 16.4 Å². The van der Waals surface area contributed by atoms with Crippen LogP contribution in [0, 0.1) is 16.0 Å². The van der Waals surface area contributed by atoms with Crippen LogP contribution in [-0.2, 0) is 0 Å². The molecule has 0 aromatic heterocycles. The van der Waals surface area contributed by atoms with E-state index in [0.29, 0.717) is 28.3 Å². The highest BCUT2D eigenvalue weighted by Gasteiger charge is 2.13. The van der Waals surface area contributed by atoms with Crippen molar-refractivity contribution in [1.82, 2.24) is 16.2 Å². The van der Waals surface area contributed by atoms with Crippen molar-refractivity contribution in [1.29, 1.82) is 0 Å². The van der Waals surface area contributed by atoms with Gasteiger partial charge in [0.05, 0.1) is 16.0 Å². The predicted molar refractivity (Wildman–Crippen MR) is 118 cm³/mol. The quantitative estimate of drug-likeness (QED) is 0.319. The number of non-ortho nitro benzene ring substituents is 1. The van der Waals surface area contributed by atoms with Gasteiger partial charge in [-0.1, -0.05) is 13.8 Å². The van der Waals surface area contributed by atoms with Gasteiger partial charge < -0.3 is 4.74 Å². The average Bonchev–Trinajstić information content (AvgIpc) is 2.70. The van der Waals surface area contributed by atoms with Crippen molar-refractivity contribution in [2.75, 3.05) is 6.61 Å². The van der Waals surface area contributed by atoms with Gasteiger partial charge in [-0.15, -0.1) is 0 Å². The molecule has 0 radical (unpaired) electrons. The van der Waals surface area contributed by atoms with E-state index in [4.69, 9.17) is 17.0 Å². The van der Waals surface area contributed by atoms with Crippen LogP contribution in [0.3, 0.4) is 0 Å². The van der Waals surface area contributed by atoms with E-state index in [9.17, 15) is 19.7 Å². The van der Waals surface area contributed by atoms with Gasteiger partial charge in [0, 0.05) is 23.3 Å². The Morgan fingerprint density at radius 3 is 2.30 bits per heavy atom. The van der Waals surface area contributed by atoms with Crippen molar-refractivity contribution in [2.45, 2.75) is 13.8 Å². The molecule has 0 aliphatic heterocycles. The fraction of sp³-hybridized carbons (Fsp3) is 0.211. The van der Waals surface area contributed by atoms with Gasteiger partial charge in [0.15, 0.2) is 5.11 Å². The molecular formula is C19H19BrN4O5S. The number of carbonyl (C=O) groups excluding carboxylic acids is 2. The Kier molecular flexibility index (Phi) is 8.25. The van der Waals surface area contributed by atoms with Crippen LogP contribution in [-0.4, -0.2) is 28.5 Å². The van der Waals surface area contributed by atoms with Crippen molar-refractivity contribution in [3.8, 4) is 5.75 Å². The minimum absolute atomic E-state index is 0.119. The van der Waals surface area contributed by atoms with Crippen molar-refractivity contribution < 1.29 is 19.2 Å². The van der Waals surface area contributed by atoms with Crippen molar-refractivity contribution in [3.63, 3.8) is 0 Å². The maximum atomic E-state index is 12.3. The largest absolute Gasteiger partial charge is 0.492 e. The van der Waals surface area contributed by atoms with E-state index in [1.54, 1.807) is 18.2 Å². The molecule has 0 bridgehead atoms. The second-order valence-electron chi connectivity index (χ2n) is 6.52. The highest BCUT2D eigenvalue weighted by molar-refractivity contribution is 9.10. The van der Waals surface area contributed by atoms with Gasteiger partial charge in [0.1, 0.15) is 5.75 Å². The van der Waals surface area contributed by atoms with Crippen LogP contribution in [0.1, 0.15) is 34.6 Å². The number of thiocarbonyl (C=S) groups is 1. The number of ether oxygens (including phenoxy) is 1. The lowest BCUT2D eigenvalue weighted by Gasteiger charge is -2.13. The zero-order chi connectivity index (χ0) is 22.3. The Labute approximate surface area is 186 Å². The maximum Gasteiger partial charge on any atom is 0.269 e. The molecule has 0 spiro atoms. The van der Waals surface area contributed by atoms with Crippen LogP contribution in [0.4, 0.5) is 5.69 Å². The summed E-state index contributed by atoms with van der Waals surface area (Å²) in [6.07, 6.45) is 0. The first kappa shape index (κ1) is 23.2. The molecule has 11 heteroatoms. The molecule has 0 saturated heterocycles. The molecule has 9 nitrogen and oxygen atoms in total. The third kappa shape index (κ3) is 6.78. The number of hydrazine groups is 1. The van der Waals surface area contributed by atoms with Gasteiger partial charge in [-0.3, -0.25) is 35.9 Å². The smallest absolute Gasteiger partial charge is 0.269 e. The summed E-state index contributed by atoms with van der Waals surface area (Å²) in [5.41, 5.74) is 5.11. The lowest BCUT2D eigenvalue weighted by Crippen LogP contribution is -2.48. The molecule has 2 rings (SSSR count). The Morgan fingerprint density at radius 2 is 1.73 bits per heavy atom. The number of amides is 2. The summed E-state index contributed by atoms with van der Waals surface area (Å²) in [5.74, 6) is -0.0649. The summed E-state index contributed by atoms with van der Waals surface area (Å²) in [7, 11) is 0. The third-order valence-corrected chi connectivity index (χ3v) is 4.45. The molecule has 3 N–H and O–H groups in total. The first-order valence-corrected chi connectivity index (χ1v) is 9.96. The van der Waals surface area contributed by atoms with Crippen LogP contribution in [0.25, 0.3) is 0 Å². The summed E-state index contributed by atoms with van der Waals surface area (Å²) in [5, 5.41) is 13.0. The Morgan fingerprint density at radius 1 is 1.10 bits per heavy atom. The molecule has 30 heavy (non-hydrogen) atoms. The van der Waals surface area contributed by atoms with E-state index >= 15 is 0 Å². The number of benzene rings is 2. The van der Waals surface area contributed by atoms with Crippen LogP contribution in [0.2, 0.25) is 0 Å². The van der Waals surface area contributed by atoms with Crippen LogP contribution >= 0.6 is 28.1 Å². The van der Waals surface area contributed by atoms with E-state index in [0.717, 1.165) is 0 Å². The molecule has 158 valence electrons. The molecule has 2 amide bonds. The molecule has 2 aromatic carbocycles. The molecule has 0 heterocycles. The third-order valence-electron chi connectivity index (χ3n) is 3.62. The molecule has 0 aliphatic rings. The van der Waals surface area contributed by atoms with E-state index in [2.05, 4.69) is 32.1 Å². The lowest BCUT2D eigenvalue weighted by atomic mass is 10.2. The van der Waals surface area contributed by atoms with Gasteiger partial charge >= 0.3 is 0 Å². The molecule has 0 fully saturated rings. The highest BCUT2D eigenvalue weighted by atomic mass is 79.9. The van der Waals surface area contributed by atoms with Crippen LogP contribution in [0.5, 0.6) is 5.75 Å². The van der Waals surface area contributed by atoms with Gasteiger partial charge in [-0.2, -0.15) is 0 Å². The van der Waals surface area contributed by atoms with Crippen molar-refractivity contribution in [2.24, 2.45) is 5.92 Å². The van der Waals surface area contributed by atoms with E-state index in [1.807, 2.05) is 13.8 Å². The zero-order valence-corrected chi connectivity index (χ0v) is 18.5. The van der Waals surface area contributed by atoms with E-state index in [1.165, 1.54) is 24.3 Å². The van der Waals surface area contributed by atoms with Crippen molar-refractivity contribution >= 4 is 50.8 Å². The number of nitro groups is 1. The van der Waals surface area contributed by atoms with Crippen LogP contribution in [0.15, 0.2) is 46.9 Å². The predicted octanol–water partition coefficient (Wildman–Crippen LogP) is 3.34. The number of nitrogens with one attached hydrogen (secondary N) is 3. The number of halogens is 1. The second-order valence-corrected chi connectivity index (χ2v) is 7.78. The van der Waals surface area contributed by atoms with Gasteiger partial charge in [0.2, 0.25) is 0 Å². The number of nitro benzene ring substituents is 1. The highest BCUT2D eigenvalue weighted by Crippen LogP contribution is 2.26. The zero-order valence-electron chi connectivity index (χ0n) is 16.1. The van der Waals surface area contributed by atoms with Gasteiger partial charge in [-0.25, -0.2) is 0 Å². The number of carbonyl (C=O) groups is 2. The number of rotatable bonds is 6. The summed E-state index contributed by atoms with van der Waals surface area (Å²) < 4.78 is 6.27. The number of nitrogens with zero attached hydrogens (tertiary/aromatic N) is 1. The lowest BCUT2D eigenvalue weighted by molar-refractivity contribution is -0.384. The Balaban J connectivity index is 1.88. The Hall–Kier alpha value is -3.05. The molecular weight excluding hydrogens is 476 g/mol. The summed E-state index contributed by atoms with van der Waals surface area (Å²) >= 11 is 8.37. The second kappa shape index (κ2) is 10.6. The van der Waals surface area contributed by atoms with E-state index < -0.39 is 16.7 Å². The minimum atomic E-state index is -0.573. The maximum absolute atomic E-state index is 12.3. The minimum Gasteiger partial charge on any atom is -0.492 e. The topological polar surface area (TPSA) is 123 Å². The fourth-order valence-corrected chi connectivity index (χ4v) is 2.78. The SMILES string of the molecule is CC(C)COc1ccc(C(=O)NC(=S)NNC(=O)c2ccc([N+](=O)[O-])cc2)cc1Br. The molecule has 0 unspecified atom stereocenters. The normalized spacial score (nSPS) is 10.3. The van der Waals surface area contributed by atoms with Crippen LogP contribution < -0.4 is 20.9 Å². The number of hydrogen-bond acceptors (Lipinski definition) is 6. The summed E-state index contributed by atoms with van der Waals surface area (Å²) in [6, 6.07) is 9.89. The first-order chi connectivity index (χ1) is 14.2.